The van der Waals surface area contributed by atoms with Crippen molar-refractivity contribution in [3.63, 3.8) is 0 Å². The van der Waals surface area contributed by atoms with E-state index in [1.807, 2.05) is 0 Å². The van der Waals surface area contributed by atoms with Crippen molar-refractivity contribution in [3.05, 3.63) is 58.6 Å². The molecule has 0 saturated heterocycles. The van der Waals surface area contributed by atoms with E-state index >= 15 is 0 Å². The molecule has 5 nitrogen and oxygen atoms in total. The summed E-state index contributed by atoms with van der Waals surface area (Å²) in [4.78, 5) is 12.2. The Bertz CT molecular complexity index is 879. The Morgan fingerprint density at radius 1 is 1.27 bits per heavy atom. The third-order valence-corrected chi connectivity index (χ3v) is 3.40. The molecule has 0 fully saturated rings. The normalized spacial score (nSPS) is 11.0. The molecular formula is C18H13ClF2N2O3. The van der Waals surface area contributed by atoms with Crippen molar-refractivity contribution in [1.82, 2.24) is 0 Å². The number of nitrogens with one attached hydrogen (secondary N) is 1. The number of nitriles is 1. The van der Waals surface area contributed by atoms with E-state index in [0.29, 0.717) is 16.3 Å². The van der Waals surface area contributed by atoms with E-state index in [-0.39, 0.29) is 17.1 Å². The SMILES string of the molecule is COc1ccc(/C=C(\C#N)C(=O)Nc2cccc(Cl)c2)cc1OC(F)F. The highest BCUT2D eigenvalue weighted by Gasteiger charge is 2.13. The number of halogens is 3. The molecule has 2 aromatic carbocycles. The molecule has 0 bridgehead atoms. The van der Waals surface area contributed by atoms with Crippen molar-refractivity contribution < 1.29 is 23.0 Å². The minimum atomic E-state index is -3.04. The predicted molar refractivity (Wildman–Crippen MR) is 93.3 cm³/mol. The van der Waals surface area contributed by atoms with Crippen molar-refractivity contribution in [2.75, 3.05) is 12.4 Å². The molecule has 2 aromatic rings. The number of carbonyl (C=O) groups is 1. The van der Waals surface area contributed by atoms with E-state index in [1.165, 1.54) is 37.5 Å². The van der Waals surface area contributed by atoms with E-state index < -0.39 is 12.5 Å². The molecule has 0 aliphatic carbocycles. The van der Waals surface area contributed by atoms with Crippen LogP contribution >= 0.6 is 11.6 Å². The van der Waals surface area contributed by atoms with Crippen LogP contribution in [0.5, 0.6) is 11.5 Å². The van der Waals surface area contributed by atoms with Gasteiger partial charge in [-0.1, -0.05) is 23.7 Å². The summed E-state index contributed by atoms with van der Waals surface area (Å²) in [6.45, 7) is -3.04. The van der Waals surface area contributed by atoms with Crippen molar-refractivity contribution in [2.45, 2.75) is 6.61 Å². The highest BCUT2D eigenvalue weighted by atomic mass is 35.5. The molecule has 134 valence electrons. The van der Waals surface area contributed by atoms with Gasteiger partial charge in [-0.05, 0) is 42.0 Å². The van der Waals surface area contributed by atoms with Crippen LogP contribution in [0.1, 0.15) is 5.56 Å². The maximum Gasteiger partial charge on any atom is 0.387 e. The monoisotopic (exact) mass is 378 g/mol. The van der Waals surface area contributed by atoms with Crippen molar-refractivity contribution >= 4 is 29.3 Å². The van der Waals surface area contributed by atoms with Crippen LogP contribution in [-0.2, 0) is 4.79 Å². The first kappa shape index (κ1) is 19.2. The number of hydrogen-bond acceptors (Lipinski definition) is 4. The summed E-state index contributed by atoms with van der Waals surface area (Å²) in [5.74, 6) is -0.768. The molecule has 0 radical (unpaired) electrons. The summed E-state index contributed by atoms with van der Waals surface area (Å²) in [6.07, 6.45) is 1.25. The molecule has 0 atom stereocenters. The largest absolute Gasteiger partial charge is 0.493 e. The zero-order chi connectivity index (χ0) is 19.1. The number of rotatable bonds is 6. The molecule has 0 aliphatic heterocycles. The maximum absolute atomic E-state index is 12.5. The molecule has 0 heterocycles. The van der Waals surface area contributed by atoms with Crippen molar-refractivity contribution in [3.8, 4) is 17.6 Å². The molecule has 0 saturated carbocycles. The average Bonchev–Trinajstić information content (AvgIpc) is 2.59. The molecule has 0 aliphatic rings. The fraction of sp³-hybridized carbons (Fsp3) is 0.111. The third-order valence-electron chi connectivity index (χ3n) is 3.16. The van der Waals surface area contributed by atoms with E-state index in [0.717, 1.165) is 0 Å². The van der Waals surface area contributed by atoms with Gasteiger partial charge in [-0.2, -0.15) is 14.0 Å². The van der Waals surface area contributed by atoms with Gasteiger partial charge in [-0.3, -0.25) is 4.79 Å². The number of carbonyl (C=O) groups excluding carboxylic acids is 1. The zero-order valence-corrected chi connectivity index (χ0v) is 14.3. The standard InChI is InChI=1S/C18H13ClF2N2O3/c1-25-15-6-5-11(8-16(15)26-18(20)21)7-12(10-22)17(24)23-14-4-2-3-13(19)9-14/h2-9,18H,1H3,(H,23,24)/b12-7+. The van der Waals surface area contributed by atoms with Crippen LogP contribution in [0.15, 0.2) is 48.0 Å². The van der Waals surface area contributed by atoms with Crippen molar-refractivity contribution in [1.29, 1.82) is 5.26 Å². The minimum Gasteiger partial charge on any atom is -0.493 e. The van der Waals surface area contributed by atoms with Gasteiger partial charge in [-0.25, -0.2) is 0 Å². The minimum absolute atomic E-state index is 0.101. The predicted octanol–water partition coefficient (Wildman–Crippen LogP) is 4.50. The van der Waals surface area contributed by atoms with Gasteiger partial charge in [0.1, 0.15) is 11.6 Å². The average molecular weight is 379 g/mol. The number of hydrogen-bond donors (Lipinski definition) is 1. The second kappa shape index (κ2) is 8.83. The Hall–Kier alpha value is -3.11. The lowest BCUT2D eigenvalue weighted by Gasteiger charge is -2.10. The van der Waals surface area contributed by atoms with Gasteiger partial charge in [-0.15, -0.1) is 0 Å². The first-order valence-corrected chi connectivity index (χ1v) is 7.62. The van der Waals surface area contributed by atoms with E-state index in [9.17, 15) is 18.8 Å². The number of benzene rings is 2. The second-order valence-corrected chi connectivity index (χ2v) is 5.36. The molecular weight excluding hydrogens is 366 g/mol. The van der Waals surface area contributed by atoms with E-state index in [1.54, 1.807) is 24.3 Å². The van der Waals surface area contributed by atoms with Gasteiger partial charge >= 0.3 is 6.61 Å². The summed E-state index contributed by atoms with van der Waals surface area (Å²) in [5, 5.41) is 12.2. The number of alkyl halides is 2. The van der Waals surface area contributed by atoms with Crippen LogP contribution in [0.2, 0.25) is 5.02 Å². The van der Waals surface area contributed by atoms with Gasteiger partial charge in [0.25, 0.3) is 5.91 Å². The number of ether oxygens (including phenoxy) is 2. The van der Waals surface area contributed by atoms with Gasteiger partial charge in [0.2, 0.25) is 0 Å². The zero-order valence-electron chi connectivity index (χ0n) is 13.5. The number of anilines is 1. The first-order chi connectivity index (χ1) is 12.4. The maximum atomic E-state index is 12.5. The quantitative estimate of drug-likeness (QED) is 0.593. The van der Waals surface area contributed by atoms with E-state index in [4.69, 9.17) is 16.3 Å². The van der Waals surface area contributed by atoms with Gasteiger partial charge < -0.3 is 14.8 Å². The lowest BCUT2D eigenvalue weighted by Crippen LogP contribution is -2.13. The second-order valence-electron chi connectivity index (χ2n) is 4.92. The Kier molecular flexibility index (Phi) is 6.53. The third kappa shape index (κ3) is 5.19. The van der Waals surface area contributed by atoms with Crippen LogP contribution in [0, 0.1) is 11.3 Å². The van der Waals surface area contributed by atoms with Gasteiger partial charge in [0.15, 0.2) is 11.5 Å². The number of nitrogens with zero attached hydrogens (tertiary/aromatic N) is 1. The highest BCUT2D eigenvalue weighted by Crippen LogP contribution is 2.30. The fourth-order valence-electron chi connectivity index (χ4n) is 2.05. The fourth-order valence-corrected chi connectivity index (χ4v) is 2.24. The molecule has 8 heteroatoms. The molecule has 0 aromatic heterocycles. The first-order valence-electron chi connectivity index (χ1n) is 7.24. The van der Waals surface area contributed by atoms with Crippen LogP contribution in [0.3, 0.4) is 0 Å². The molecule has 1 amide bonds. The Balaban J connectivity index is 2.27. The highest BCUT2D eigenvalue weighted by molar-refractivity contribution is 6.31. The topological polar surface area (TPSA) is 71.3 Å². The van der Waals surface area contributed by atoms with Crippen LogP contribution in [-0.4, -0.2) is 19.6 Å². The number of methoxy groups -OCH3 is 1. The van der Waals surface area contributed by atoms with E-state index in [2.05, 4.69) is 10.1 Å². The molecule has 26 heavy (non-hydrogen) atoms. The van der Waals surface area contributed by atoms with Crippen LogP contribution in [0.4, 0.5) is 14.5 Å². The summed E-state index contributed by atoms with van der Waals surface area (Å²) in [6, 6.07) is 12.3. The van der Waals surface area contributed by atoms with Gasteiger partial charge in [0.05, 0.1) is 7.11 Å². The lowest BCUT2D eigenvalue weighted by molar-refractivity contribution is -0.112. The number of amides is 1. The summed E-state index contributed by atoms with van der Waals surface area (Å²) >= 11 is 5.84. The Labute approximate surface area is 153 Å². The summed E-state index contributed by atoms with van der Waals surface area (Å²) in [7, 11) is 1.31. The van der Waals surface area contributed by atoms with Crippen LogP contribution < -0.4 is 14.8 Å². The van der Waals surface area contributed by atoms with Crippen molar-refractivity contribution in [2.24, 2.45) is 0 Å². The smallest absolute Gasteiger partial charge is 0.387 e. The van der Waals surface area contributed by atoms with Crippen LogP contribution in [0.25, 0.3) is 6.08 Å². The molecule has 0 unspecified atom stereocenters. The molecule has 0 spiro atoms. The molecule has 1 N–H and O–H groups in total. The molecule has 2 rings (SSSR count). The summed E-state index contributed by atoms with van der Waals surface area (Å²) < 4.78 is 34.3. The summed E-state index contributed by atoms with van der Waals surface area (Å²) in [5.41, 5.74) is 0.512. The lowest BCUT2D eigenvalue weighted by atomic mass is 10.1. The van der Waals surface area contributed by atoms with Gasteiger partial charge in [0, 0.05) is 10.7 Å². The Morgan fingerprint density at radius 2 is 2.04 bits per heavy atom. The Morgan fingerprint density at radius 3 is 2.65 bits per heavy atom.